The molecule has 2 amide bonds. The Labute approximate surface area is 196 Å². The van der Waals surface area contributed by atoms with Gasteiger partial charge in [0.1, 0.15) is 11.6 Å². The SMILES string of the molecule is CC#CC(=O)N1CCCC1c1nc(-c2ccc(C(=O)Nc3ccccn3)cc2)c2cnccn12. The molecule has 0 spiro atoms. The molecule has 0 radical (unpaired) electrons. The van der Waals surface area contributed by atoms with Gasteiger partial charge in [0.25, 0.3) is 11.8 Å². The quantitative estimate of drug-likeness (QED) is 0.478. The van der Waals surface area contributed by atoms with Crippen LogP contribution >= 0.6 is 0 Å². The summed E-state index contributed by atoms with van der Waals surface area (Å²) in [5.41, 5.74) is 2.96. The lowest BCUT2D eigenvalue weighted by Gasteiger charge is -2.21. The van der Waals surface area contributed by atoms with Crippen LogP contribution in [0.15, 0.2) is 67.3 Å². The van der Waals surface area contributed by atoms with Crippen LogP contribution in [-0.4, -0.2) is 42.6 Å². The molecule has 3 aromatic heterocycles. The number of carbonyl (C=O) groups excluding carboxylic acids is 2. The zero-order valence-electron chi connectivity index (χ0n) is 18.6. The summed E-state index contributed by atoms with van der Waals surface area (Å²) in [6.07, 6.45) is 8.69. The van der Waals surface area contributed by atoms with Crippen molar-refractivity contribution in [2.75, 3.05) is 11.9 Å². The number of pyridine rings is 1. The number of fused-ring (bicyclic) bond motifs is 1. The molecule has 168 valence electrons. The van der Waals surface area contributed by atoms with Gasteiger partial charge in [-0.05, 0) is 50.0 Å². The van der Waals surface area contributed by atoms with Crippen LogP contribution in [-0.2, 0) is 4.79 Å². The van der Waals surface area contributed by atoms with Gasteiger partial charge in [-0.25, -0.2) is 9.97 Å². The minimum Gasteiger partial charge on any atom is -0.322 e. The number of nitrogens with one attached hydrogen (secondary N) is 1. The minimum atomic E-state index is -0.237. The summed E-state index contributed by atoms with van der Waals surface area (Å²) >= 11 is 0. The number of rotatable bonds is 4. The van der Waals surface area contributed by atoms with E-state index in [2.05, 4.69) is 27.1 Å². The number of nitrogens with zero attached hydrogens (tertiary/aromatic N) is 5. The molecule has 0 aliphatic carbocycles. The van der Waals surface area contributed by atoms with E-state index in [9.17, 15) is 9.59 Å². The van der Waals surface area contributed by atoms with Gasteiger partial charge in [-0.2, -0.15) is 0 Å². The minimum absolute atomic E-state index is 0.152. The van der Waals surface area contributed by atoms with E-state index in [1.54, 1.807) is 54.7 Å². The van der Waals surface area contributed by atoms with Crippen molar-refractivity contribution in [1.29, 1.82) is 0 Å². The van der Waals surface area contributed by atoms with Crippen molar-refractivity contribution in [3.63, 3.8) is 0 Å². The monoisotopic (exact) mass is 450 g/mol. The molecular weight excluding hydrogens is 428 g/mol. The Kier molecular flexibility index (Phi) is 5.75. The van der Waals surface area contributed by atoms with E-state index >= 15 is 0 Å². The second-order valence-electron chi connectivity index (χ2n) is 7.93. The third kappa shape index (κ3) is 3.99. The average molecular weight is 451 g/mol. The average Bonchev–Trinajstić information content (AvgIpc) is 3.50. The molecule has 5 rings (SSSR count). The summed E-state index contributed by atoms with van der Waals surface area (Å²) < 4.78 is 1.99. The van der Waals surface area contributed by atoms with Crippen LogP contribution < -0.4 is 5.32 Å². The van der Waals surface area contributed by atoms with Gasteiger partial charge in [0, 0.05) is 36.3 Å². The Morgan fingerprint density at radius 3 is 2.74 bits per heavy atom. The zero-order chi connectivity index (χ0) is 23.5. The highest BCUT2D eigenvalue weighted by atomic mass is 16.2. The molecule has 1 atom stereocenters. The first kappa shape index (κ1) is 21.3. The molecule has 1 unspecified atom stereocenters. The molecule has 1 aliphatic rings. The van der Waals surface area contributed by atoms with Crippen molar-refractivity contribution >= 4 is 23.1 Å². The number of imidazole rings is 1. The highest BCUT2D eigenvalue weighted by molar-refractivity contribution is 6.04. The predicted molar refractivity (Wildman–Crippen MR) is 128 cm³/mol. The Bertz CT molecular complexity index is 1420. The summed E-state index contributed by atoms with van der Waals surface area (Å²) in [6.45, 7) is 2.32. The maximum absolute atomic E-state index is 12.6. The lowest BCUT2D eigenvalue weighted by atomic mass is 10.1. The standard InChI is InChI=1S/C26H22N6O2/c1-2-6-23(33)31-15-5-7-20(31)25-30-24(21-17-27-14-16-32(21)25)18-9-11-19(12-10-18)26(34)29-22-8-3-4-13-28-22/h3-4,8-14,16-17,20H,5,7,15H2,1H3,(H,28,29,34). The number of benzene rings is 1. The van der Waals surface area contributed by atoms with Crippen LogP contribution in [0.4, 0.5) is 5.82 Å². The molecular formula is C26H22N6O2. The van der Waals surface area contributed by atoms with Crippen LogP contribution in [0.1, 0.15) is 42.0 Å². The summed E-state index contributed by atoms with van der Waals surface area (Å²) in [4.78, 5) is 40.3. The number of anilines is 1. The fourth-order valence-electron chi connectivity index (χ4n) is 4.27. The highest BCUT2D eigenvalue weighted by Crippen LogP contribution is 2.35. The van der Waals surface area contributed by atoms with Gasteiger partial charge in [0.2, 0.25) is 0 Å². The topological polar surface area (TPSA) is 92.5 Å². The third-order valence-corrected chi connectivity index (χ3v) is 5.84. The molecule has 0 bridgehead atoms. The second kappa shape index (κ2) is 9.16. The van der Waals surface area contributed by atoms with Crippen molar-refractivity contribution in [3.8, 4) is 23.1 Å². The normalized spacial score (nSPS) is 15.1. The highest BCUT2D eigenvalue weighted by Gasteiger charge is 2.33. The van der Waals surface area contributed by atoms with Crippen LogP contribution in [0.3, 0.4) is 0 Å². The maximum atomic E-state index is 12.6. The number of aromatic nitrogens is 4. The number of hydrogen-bond acceptors (Lipinski definition) is 5. The van der Waals surface area contributed by atoms with Gasteiger partial charge < -0.3 is 10.2 Å². The smallest absolute Gasteiger partial charge is 0.299 e. The van der Waals surface area contributed by atoms with Crippen molar-refractivity contribution in [2.24, 2.45) is 0 Å². The number of amides is 2. The van der Waals surface area contributed by atoms with Gasteiger partial charge in [-0.1, -0.05) is 24.1 Å². The first-order valence-corrected chi connectivity index (χ1v) is 11.0. The number of hydrogen-bond donors (Lipinski definition) is 1. The summed E-state index contributed by atoms with van der Waals surface area (Å²) in [7, 11) is 0. The van der Waals surface area contributed by atoms with Gasteiger partial charge >= 0.3 is 0 Å². The predicted octanol–water partition coefficient (Wildman–Crippen LogP) is 3.73. The van der Waals surface area contributed by atoms with Gasteiger partial charge in [-0.3, -0.25) is 19.0 Å². The third-order valence-electron chi connectivity index (χ3n) is 5.84. The van der Waals surface area contributed by atoms with E-state index in [1.807, 2.05) is 28.8 Å². The molecule has 1 saturated heterocycles. The van der Waals surface area contributed by atoms with E-state index in [0.717, 1.165) is 35.4 Å². The second-order valence-corrected chi connectivity index (χ2v) is 7.93. The van der Waals surface area contributed by atoms with Gasteiger partial charge in [0.15, 0.2) is 0 Å². The first-order chi connectivity index (χ1) is 16.7. The molecule has 4 aromatic rings. The van der Waals surface area contributed by atoms with E-state index in [1.165, 1.54) is 0 Å². The largest absolute Gasteiger partial charge is 0.322 e. The van der Waals surface area contributed by atoms with Crippen LogP contribution in [0.25, 0.3) is 16.8 Å². The Hall–Kier alpha value is -4.51. The Morgan fingerprint density at radius 1 is 1.12 bits per heavy atom. The molecule has 1 N–H and O–H groups in total. The fourth-order valence-corrected chi connectivity index (χ4v) is 4.27. The van der Waals surface area contributed by atoms with Crippen molar-refractivity contribution < 1.29 is 9.59 Å². The van der Waals surface area contributed by atoms with E-state index in [0.29, 0.717) is 17.9 Å². The summed E-state index contributed by atoms with van der Waals surface area (Å²) in [5, 5.41) is 2.79. The first-order valence-electron chi connectivity index (χ1n) is 11.0. The summed E-state index contributed by atoms with van der Waals surface area (Å²) in [6, 6.07) is 12.4. The van der Waals surface area contributed by atoms with E-state index in [-0.39, 0.29) is 17.9 Å². The molecule has 1 fully saturated rings. The molecule has 4 heterocycles. The van der Waals surface area contributed by atoms with Crippen LogP contribution in [0.5, 0.6) is 0 Å². The van der Waals surface area contributed by atoms with Gasteiger partial charge in [0.05, 0.1) is 23.4 Å². The van der Waals surface area contributed by atoms with E-state index in [4.69, 9.17) is 4.98 Å². The van der Waals surface area contributed by atoms with Crippen molar-refractivity contribution in [2.45, 2.75) is 25.8 Å². The summed E-state index contributed by atoms with van der Waals surface area (Å²) in [5.74, 6) is 6.22. The Morgan fingerprint density at radius 2 is 1.97 bits per heavy atom. The van der Waals surface area contributed by atoms with Crippen LogP contribution in [0.2, 0.25) is 0 Å². The van der Waals surface area contributed by atoms with Crippen molar-refractivity contribution in [3.05, 3.63) is 78.6 Å². The molecule has 34 heavy (non-hydrogen) atoms. The van der Waals surface area contributed by atoms with Crippen molar-refractivity contribution in [1.82, 2.24) is 24.3 Å². The zero-order valence-corrected chi connectivity index (χ0v) is 18.6. The lowest BCUT2D eigenvalue weighted by Crippen LogP contribution is -2.30. The number of carbonyl (C=O) groups is 2. The molecule has 8 heteroatoms. The molecule has 0 saturated carbocycles. The van der Waals surface area contributed by atoms with Crippen LogP contribution in [0, 0.1) is 11.8 Å². The molecule has 1 aliphatic heterocycles. The molecule has 8 nitrogen and oxygen atoms in total. The number of likely N-dealkylation sites (tertiary alicyclic amines) is 1. The fraction of sp³-hybridized carbons (Fsp3) is 0.192. The lowest BCUT2D eigenvalue weighted by molar-refractivity contribution is -0.126. The maximum Gasteiger partial charge on any atom is 0.299 e. The molecule has 1 aromatic carbocycles. The van der Waals surface area contributed by atoms with Gasteiger partial charge in [-0.15, -0.1) is 0 Å². The van der Waals surface area contributed by atoms with E-state index < -0.39 is 0 Å². The Balaban J connectivity index is 1.47.